The molecular formula is C14H21NO3. The summed E-state index contributed by atoms with van der Waals surface area (Å²) in [6, 6.07) is 5.26. The maximum atomic E-state index is 11.2. The first-order valence-electron chi connectivity index (χ1n) is 6.30. The van der Waals surface area contributed by atoms with Crippen molar-refractivity contribution in [3.05, 3.63) is 23.8 Å². The Balaban J connectivity index is 2.99. The van der Waals surface area contributed by atoms with Gasteiger partial charge in [-0.2, -0.15) is 0 Å². The molecule has 0 amide bonds. The zero-order chi connectivity index (χ0) is 13.5. The van der Waals surface area contributed by atoms with E-state index >= 15 is 0 Å². The molecule has 1 rings (SSSR count). The summed E-state index contributed by atoms with van der Waals surface area (Å²) in [5.74, 6) is -0.264. The zero-order valence-corrected chi connectivity index (χ0v) is 11.2. The fourth-order valence-corrected chi connectivity index (χ4v) is 1.90. The SMILES string of the molecule is CCCC(CC)Nc1cc(OC)ccc1C(=O)O. The molecule has 1 aromatic carbocycles. The minimum absolute atomic E-state index is 0.283. The minimum Gasteiger partial charge on any atom is -0.497 e. The normalized spacial score (nSPS) is 11.9. The number of carbonyl (C=O) groups is 1. The van der Waals surface area contributed by atoms with Crippen molar-refractivity contribution in [2.24, 2.45) is 0 Å². The monoisotopic (exact) mass is 251 g/mol. The number of anilines is 1. The highest BCUT2D eigenvalue weighted by Crippen LogP contribution is 2.24. The summed E-state index contributed by atoms with van der Waals surface area (Å²) in [5, 5.41) is 12.5. The van der Waals surface area contributed by atoms with Crippen LogP contribution in [-0.2, 0) is 0 Å². The minimum atomic E-state index is -0.925. The van der Waals surface area contributed by atoms with Crippen LogP contribution in [0.4, 0.5) is 5.69 Å². The molecule has 2 N–H and O–H groups in total. The van der Waals surface area contributed by atoms with Crippen molar-refractivity contribution >= 4 is 11.7 Å². The van der Waals surface area contributed by atoms with E-state index in [2.05, 4.69) is 19.2 Å². The van der Waals surface area contributed by atoms with Gasteiger partial charge in [-0.25, -0.2) is 4.79 Å². The molecule has 0 aliphatic heterocycles. The molecule has 0 bridgehead atoms. The first-order valence-corrected chi connectivity index (χ1v) is 6.30. The van der Waals surface area contributed by atoms with Gasteiger partial charge in [0, 0.05) is 12.1 Å². The number of nitrogens with one attached hydrogen (secondary N) is 1. The molecule has 1 aromatic rings. The Morgan fingerprint density at radius 3 is 2.67 bits per heavy atom. The lowest BCUT2D eigenvalue weighted by Crippen LogP contribution is -2.19. The quantitative estimate of drug-likeness (QED) is 0.780. The van der Waals surface area contributed by atoms with E-state index in [1.807, 2.05) is 0 Å². The average Bonchev–Trinajstić information content (AvgIpc) is 2.37. The lowest BCUT2D eigenvalue weighted by molar-refractivity contribution is 0.0698. The zero-order valence-electron chi connectivity index (χ0n) is 11.2. The summed E-state index contributed by atoms with van der Waals surface area (Å²) in [6.07, 6.45) is 3.05. The molecule has 1 atom stereocenters. The van der Waals surface area contributed by atoms with E-state index in [1.54, 1.807) is 25.3 Å². The predicted octanol–water partition coefficient (Wildman–Crippen LogP) is 3.38. The smallest absolute Gasteiger partial charge is 0.337 e. The van der Waals surface area contributed by atoms with Crippen LogP contribution in [0.3, 0.4) is 0 Å². The molecule has 100 valence electrons. The first-order chi connectivity index (χ1) is 8.62. The van der Waals surface area contributed by atoms with Gasteiger partial charge in [0.05, 0.1) is 18.4 Å². The first kappa shape index (κ1) is 14.4. The number of hydrogen-bond donors (Lipinski definition) is 2. The van der Waals surface area contributed by atoms with E-state index in [0.717, 1.165) is 19.3 Å². The van der Waals surface area contributed by atoms with Gasteiger partial charge in [0.15, 0.2) is 0 Å². The Morgan fingerprint density at radius 2 is 2.17 bits per heavy atom. The van der Waals surface area contributed by atoms with Gasteiger partial charge < -0.3 is 15.2 Å². The summed E-state index contributed by atoms with van der Waals surface area (Å²) in [5.41, 5.74) is 0.910. The van der Waals surface area contributed by atoms with Gasteiger partial charge >= 0.3 is 5.97 Å². The summed E-state index contributed by atoms with van der Waals surface area (Å²) in [6.45, 7) is 4.21. The molecule has 4 nitrogen and oxygen atoms in total. The van der Waals surface area contributed by atoms with Crippen LogP contribution >= 0.6 is 0 Å². The van der Waals surface area contributed by atoms with Crippen LogP contribution in [0.25, 0.3) is 0 Å². The van der Waals surface area contributed by atoms with E-state index in [-0.39, 0.29) is 5.56 Å². The van der Waals surface area contributed by atoms with Crippen molar-refractivity contribution in [1.29, 1.82) is 0 Å². The summed E-state index contributed by atoms with van der Waals surface area (Å²) >= 11 is 0. The number of ether oxygens (including phenoxy) is 1. The van der Waals surface area contributed by atoms with Crippen LogP contribution in [-0.4, -0.2) is 24.2 Å². The van der Waals surface area contributed by atoms with Crippen LogP contribution in [0.5, 0.6) is 5.75 Å². The molecule has 18 heavy (non-hydrogen) atoms. The Hall–Kier alpha value is -1.71. The van der Waals surface area contributed by atoms with Crippen LogP contribution in [0.15, 0.2) is 18.2 Å². The van der Waals surface area contributed by atoms with Gasteiger partial charge in [0.1, 0.15) is 5.75 Å². The van der Waals surface area contributed by atoms with Gasteiger partial charge in [0.2, 0.25) is 0 Å². The Bertz CT molecular complexity index is 404. The average molecular weight is 251 g/mol. The second-order valence-corrected chi connectivity index (χ2v) is 4.25. The lowest BCUT2D eigenvalue weighted by Gasteiger charge is -2.19. The third kappa shape index (κ3) is 3.65. The van der Waals surface area contributed by atoms with Gasteiger partial charge in [0.25, 0.3) is 0 Å². The molecule has 0 aliphatic carbocycles. The molecule has 0 heterocycles. The summed E-state index contributed by atoms with van der Waals surface area (Å²) in [7, 11) is 1.57. The molecule has 0 fully saturated rings. The maximum Gasteiger partial charge on any atom is 0.337 e. The van der Waals surface area contributed by atoms with E-state index in [4.69, 9.17) is 9.84 Å². The van der Waals surface area contributed by atoms with Gasteiger partial charge in [-0.15, -0.1) is 0 Å². The van der Waals surface area contributed by atoms with Crippen molar-refractivity contribution in [2.45, 2.75) is 39.2 Å². The highest BCUT2D eigenvalue weighted by molar-refractivity contribution is 5.94. The largest absolute Gasteiger partial charge is 0.497 e. The van der Waals surface area contributed by atoms with Crippen molar-refractivity contribution in [3.8, 4) is 5.75 Å². The maximum absolute atomic E-state index is 11.2. The number of methoxy groups -OCH3 is 1. The molecule has 0 saturated heterocycles. The topological polar surface area (TPSA) is 58.6 Å². The molecule has 0 saturated carbocycles. The summed E-state index contributed by atoms with van der Waals surface area (Å²) < 4.78 is 5.13. The van der Waals surface area contributed by atoms with Crippen LogP contribution < -0.4 is 10.1 Å². The predicted molar refractivity (Wildman–Crippen MR) is 72.6 cm³/mol. The lowest BCUT2D eigenvalue weighted by atomic mass is 10.1. The van der Waals surface area contributed by atoms with E-state index in [9.17, 15) is 4.79 Å². The molecular weight excluding hydrogens is 230 g/mol. The number of aromatic carboxylic acids is 1. The number of benzene rings is 1. The Labute approximate surface area is 108 Å². The van der Waals surface area contributed by atoms with Crippen molar-refractivity contribution in [1.82, 2.24) is 0 Å². The van der Waals surface area contributed by atoms with Gasteiger partial charge in [-0.1, -0.05) is 20.3 Å². The van der Waals surface area contributed by atoms with Crippen molar-refractivity contribution in [2.75, 3.05) is 12.4 Å². The molecule has 0 aliphatic rings. The fourth-order valence-electron chi connectivity index (χ4n) is 1.90. The van der Waals surface area contributed by atoms with Gasteiger partial charge in [-0.3, -0.25) is 0 Å². The van der Waals surface area contributed by atoms with Crippen molar-refractivity contribution in [3.63, 3.8) is 0 Å². The van der Waals surface area contributed by atoms with Gasteiger partial charge in [-0.05, 0) is 25.0 Å². The van der Waals surface area contributed by atoms with Crippen LogP contribution in [0.2, 0.25) is 0 Å². The number of carboxylic acids is 1. The van der Waals surface area contributed by atoms with E-state index in [1.165, 1.54) is 0 Å². The molecule has 0 aromatic heterocycles. The standard InChI is InChI=1S/C14H21NO3/c1-4-6-10(5-2)15-13-9-11(18-3)7-8-12(13)14(16)17/h7-10,15H,4-6H2,1-3H3,(H,16,17). The summed E-state index contributed by atoms with van der Waals surface area (Å²) in [4.78, 5) is 11.2. The van der Waals surface area contributed by atoms with E-state index < -0.39 is 5.97 Å². The third-order valence-corrected chi connectivity index (χ3v) is 2.95. The number of carboxylic acid groups (broad SMARTS) is 1. The van der Waals surface area contributed by atoms with Crippen molar-refractivity contribution < 1.29 is 14.6 Å². The fraction of sp³-hybridized carbons (Fsp3) is 0.500. The highest BCUT2D eigenvalue weighted by atomic mass is 16.5. The van der Waals surface area contributed by atoms with Crippen LogP contribution in [0.1, 0.15) is 43.5 Å². The second kappa shape index (κ2) is 6.89. The highest BCUT2D eigenvalue weighted by Gasteiger charge is 2.14. The molecule has 0 spiro atoms. The number of hydrogen-bond acceptors (Lipinski definition) is 3. The van der Waals surface area contributed by atoms with Crippen LogP contribution in [0, 0.1) is 0 Å². The molecule has 4 heteroatoms. The number of rotatable bonds is 7. The van der Waals surface area contributed by atoms with E-state index in [0.29, 0.717) is 17.5 Å². The third-order valence-electron chi connectivity index (χ3n) is 2.95. The Morgan fingerprint density at radius 1 is 1.44 bits per heavy atom. The second-order valence-electron chi connectivity index (χ2n) is 4.25. The molecule has 1 unspecified atom stereocenters. The Kier molecular flexibility index (Phi) is 5.49. The molecule has 0 radical (unpaired) electrons.